The molecule has 2 aromatic rings. The Labute approximate surface area is 137 Å². The number of urea groups is 1. The summed E-state index contributed by atoms with van der Waals surface area (Å²) in [6.45, 7) is 0. The standard InChI is InChI=1S/C15H12Cl2N2O3/c1-22-14(20)10-4-2-3-5-13(10)19-15(21)18-9-6-7-11(16)12(17)8-9/h2-8H,1H3,(H2,18,19,21). The van der Waals surface area contributed by atoms with Crippen molar-refractivity contribution in [2.75, 3.05) is 17.7 Å². The van der Waals surface area contributed by atoms with E-state index in [1.54, 1.807) is 36.4 Å². The monoisotopic (exact) mass is 338 g/mol. The number of para-hydroxylation sites is 1. The van der Waals surface area contributed by atoms with E-state index in [1.807, 2.05) is 0 Å². The van der Waals surface area contributed by atoms with E-state index in [1.165, 1.54) is 13.2 Å². The zero-order valence-corrected chi connectivity index (χ0v) is 13.0. The SMILES string of the molecule is COC(=O)c1ccccc1NC(=O)Nc1ccc(Cl)c(Cl)c1. The van der Waals surface area contributed by atoms with E-state index in [0.29, 0.717) is 21.4 Å². The zero-order chi connectivity index (χ0) is 16.1. The first kappa shape index (κ1) is 16.1. The molecule has 0 aliphatic carbocycles. The Morgan fingerprint density at radius 1 is 1.00 bits per heavy atom. The summed E-state index contributed by atoms with van der Waals surface area (Å²) in [5.74, 6) is -0.537. The van der Waals surface area contributed by atoms with Crippen LogP contribution in [-0.2, 0) is 4.74 Å². The molecule has 0 aromatic heterocycles. The number of ether oxygens (including phenoxy) is 1. The Hall–Kier alpha value is -2.24. The lowest BCUT2D eigenvalue weighted by atomic mass is 10.2. The molecular formula is C15H12Cl2N2O3. The van der Waals surface area contributed by atoms with Crippen molar-refractivity contribution in [1.82, 2.24) is 0 Å². The van der Waals surface area contributed by atoms with Gasteiger partial charge in [0.25, 0.3) is 0 Å². The van der Waals surface area contributed by atoms with Crippen LogP contribution >= 0.6 is 23.2 Å². The van der Waals surface area contributed by atoms with Gasteiger partial charge in [0.1, 0.15) is 0 Å². The molecule has 0 aliphatic heterocycles. The number of amides is 2. The molecule has 0 atom stereocenters. The summed E-state index contributed by atoms with van der Waals surface area (Å²) in [4.78, 5) is 23.6. The fourth-order valence-corrected chi connectivity index (χ4v) is 2.04. The van der Waals surface area contributed by atoms with Crippen LogP contribution in [0.4, 0.5) is 16.2 Å². The maximum atomic E-state index is 12.0. The van der Waals surface area contributed by atoms with Crippen LogP contribution in [0.25, 0.3) is 0 Å². The van der Waals surface area contributed by atoms with E-state index in [-0.39, 0.29) is 5.56 Å². The van der Waals surface area contributed by atoms with Crippen LogP contribution < -0.4 is 10.6 Å². The number of carbonyl (C=O) groups is 2. The molecular weight excluding hydrogens is 327 g/mol. The van der Waals surface area contributed by atoms with E-state index >= 15 is 0 Å². The van der Waals surface area contributed by atoms with Crippen LogP contribution in [0.5, 0.6) is 0 Å². The Morgan fingerprint density at radius 2 is 1.73 bits per heavy atom. The number of nitrogens with one attached hydrogen (secondary N) is 2. The number of benzene rings is 2. The van der Waals surface area contributed by atoms with Crippen molar-refractivity contribution in [2.24, 2.45) is 0 Å². The van der Waals surface area contributed by atoms with Crippen molar-refractivity contribution >= 4 is 46.6 Å². The van der Waals surface area contributed by atoms with Crippen LogP contribution in [0.2, 0.25) is 10.0 Å². The highest BCUT2D eigenvalue weighted by Gasteiger charge is 2.13. The lowest BCUT2D eigenvalue weighted by Gasteiger charge is -2.11. The van der Waals surface area contributed by atoms with Gasteiger partial charge in [-0.05, 0) is 30.3 Å². The summed E-state index contributed by atoms with van der Waals surface area (Å²) >= 11 is 11.7. The first-order valence-corrected chi connectivity index (χ1v) is 6.97. The number of hydrogen-bond acceptors (Lipinski definition) is 3. The van der Waals surface area contributed by atoms with E-state index < -0.39 is 12.0 Å². The largest absolute Gasteiger partial charge is 0.465 e. The van der Waals surface area contributed by atoms with Gasteiger partial charge in [-0.2, -0.15) is 0 Å². The van der Waals surface area contributed by atoms with Gasteiger partial charge in [0.05, 0.1) is 28.4 Å². The van der Waals surface area contributed by atoms with Crippen LogP contribution in [0.1, 0.15) is 10.4 Å². The van der Waals surface area contributed by atoms with Gasteiger partial charge < -0.3 is 15.4 Å². The Bertz CT molecular complexity index is 720. The van der Waals surface area contributed by atoms with Gasteiger partial charge in [0, 0.05) is 5.69 Å². The minimum Gasteiger partial charge on any atom is -0.465 e. The summed E-state index contributed by atoms with van der Waals surface area (Å²) in [6.07, 6.45) is 0. The van der Waals surface area contributed by atoms with Gasteiger partial charge in [-0.1, -0.05) is 35.3 Å². The van der Waals surface area contributed by atoms with Crippen molar-refractivity contribution in [3.05, 3.63) is 58.1 Å². The number of hydrogen-bond donors (Lipinski definition) is 2. The first-order chi connectivity index (χ1) is 10.5. The molecule has 5 nitrogen and oxygen atoms in total. The van der Waals surface area contributed by atoms with E-state index in [0.717, 1.165) is 0 Å². The summed E-state index contributed by atoms with van der Waals surface area (Å²) in [6, 6.07) is 10.7. The molecule has 22 heavy (non-hydrogen) atoms. The molecule has 0 aliphatic rings. The number of esters is 1. The van der Waals surface area contributed by atoms with Gasteiger partial charge in [-0.25, -0.2) is 9.59 Å². The summed E-state index contributed by atoms with van der Waals surface area (Å²) in [5, 5.41) is 5.90. The number of rotatable bonds is 3. The third-order valence-electron chi connectivity index (χ3n) is 2.76. The molecule has 7 heteroatoms. The zero-order valence-electron chi connectivity index (χ0n) is 11.5. The molecule has 0 saturated heterocycles. The average Bonchev–Trinajstić information content (AvgIpc) is 2.50. The minimum absolute atomic E-state index is 0.259. The van der Waals surface area contributed by atoms with E-state index in [2.05, 4.69) is 15.4 Å². The molecule has 2 rings (SSSR count). The smallest absolute Gasteiger partial charge is 0.339 e. The highest BCUT2D eigenvalue weighted by Crippen LogP contribution is 2.25. The lowest BCUT2D eigenvalue weighted by Crippen LogP contribution is -2.21. The molecule has 2 amide bonds. The molecule has 0 heterocycles. The molecule has 0 fully saturated rings. The normalized spacial score (nSPS) is 9.95. The van der Waals surface area contributed by atoms with Crippen LogP contribution in [0, 0.1) is 0 Å². The van der Waals surface area contributed by atoms with Crippen molar-refractivity contribution in [2.45, 2.75) is 0 Å². The van der Waals surface area contributed by atoms with Crippen molar-refractivity contribution < 1.29 is 14.3 Å². The van der Waals surface area contributed by atoms with E-state index in [9.17, 15) is 9.59 Å². The molecule has 0 saturated carbocycles. The second-order valence-electron chi connectivity index (χ2n) is 4.25. The van der Waals surface area contributed by atoms with Crippen LogP contribution in [0.3, 0.4) is 0 Å². The molecule has 0 spiro atoms. The Balaban J connectivity index is 2.12. The number of halogens is 2. The van der Waals surface area contributed by atoms with Crippen molar-refractivity contribution in [3.63, 3.8) is 0 Å². The average molecular weight is 339 g/mol. The molecule has 114 valence electrons. The highest BCUT2D eigenvalue weighted by molar-refractivity contribution is 6.42. The predicted octanol–water partition coefficient (Wildman–Crippen LogP) is 4.42. The quantitative estimate of drug-likeness (QED) is 0.813. The second-order valence-corrected chi connectivity index (χ2v) is 5.06. The molecule has 2 N–H and O–H groups in total. The summed E-state index contributed by atoms with van der Waals surface area (Å²) < 4.78 is 4.66. The maximum Gasteiger partial charge on any atom is 0.339 e. The lowest BCUT2D eigenvalue weighted by molar-refractivity contribution is 0.0602. The molecule has 2 aromatic carbocycles. The van der Waals surface area contributed by atoms with Gasteiger partial charge in [-0.15, -0.1) is 0 Å². The third-order valence-corrected chi connectivity index (χ3v) is 3.50. The summed E-state index contributed by atoms with van der Waals surface area (Å²) in [5.41, 5.74) is 1.07. The molecule has 0 radical (unpaired) electrons. The van der Waals surface area contributed by atoms with Gasteiger partial charge >= 0.3 is 12.0 Å². The number of carbonyl (C=O) groups excluding carboxylic acids is 2. The second kappa shape index (κ2) is 7.15. The predicted molar refractivity (Wildman–Crippen MR) is 86.9 cm³/mol. The number of methoxy groups -OCH3 is 1. The van der Waals surface area contributed by atoms with Gasteiger partial charge in [-0.3, -0.25) is 0 Å². The summed E-state index contributed by atoms with van der Waals surface area (Å²) in [7, 11) is 1.27. The molecule has 0 bridgehead atoms. The van der Waals surface area contributed by atoms with Gasteiger partial charge in [0.2, 0.25) is 0 Å². The fraction of sp³-hybridized carbons (Fsp3) is 0.0667. The maximum absolute atomic E-state index is 12.0. The topological polar surface area (TPSA) is 67.4 Å². The first-order valence-electron chi connectivity index (χ1n) is 6.21. The van der Waals surface area contributed by atoms with Crippen LogP contribution in [-0.4, -0.2) is 19.1 Å². The van der Waals surface area contributed by atoms with Crippen molar-refractivity contribution in [1.29, 1.82) is 0 Å². The highest BCUT2D eigenvalue weighted by atomic mass is 35.5. The Kier molecular flexibility index (Phi) is 5.25. The Morgan fingerprint density at radius 3 is 2.41 bits per heavy atom. The van der Waals surface area contributed by atoms with E-state index in [4.69, 9.17) is 23.2 Å². The third kappa shape index (κ3) is 3.90. The van der Waals surface area contributed by atoms with Crippen LogP contribution in [0.15, 0.2) is 42.5 Å². The fourth-order valence-electron chi connectivity index (χ4n) is 1.74. The molecule has 0 unspecified atom stereocenters. The number of anilines is 2. The van der Waals surface area contributed by atoms with Crippen molar-refractivity contribution in [3.8, 4) is 0 Å². The minimum atomic E-state index is -0.537. The van der Waals surface area contributed by atoms with Gasteiger partial charge in [0.15, 0.2) is 0 Å².